The van der Waals surface area contributed by atoms with Crippen molar-refractivity contribution in [1.82, 2.24) is 10.2 Å². The summed E-state index contributed by atoms with van der Waals surface area (Å²) >= 11 is 0. The van der Waals surface area contributed by atoms with Gasteiger partial charge in [0.2, 0.25) is 0 Å². The van der Waals surface area contributed by atoms with Gasteiger partial charge in [-0.15, -0.1) is 0 Å². The molecule has 0 atom stereocenters. The van der Waals surface area contributed by atoms with Crippen molar-refractivity contribution in [3.63, 3.8) is 0 Å². The van der Waals surface area contributed by atoms with Crippen LogP contribution in [-0.4, -0.2) is 80.8 Å². The molecule has 6 N–H and O–H groups in total. The van der Waals surface area contributed by atoms with Crippen LogP contribution in [0.1, 0.15) is 0 Å². The molecule has 0 aliphatic rings. The summed E-state index contributed by atoms with van der Waals surface area (Å²) in [5.74, 6) is 0. The minimum absolute atomic E-state index is 0.0972. The minimum Gasteiger partial charge on any atom is -0.395 e. The average Bonchev–Trinajstić information content (AvgIpc) is 2.20. The van der Waals surface area contributed by atoms with Crippen LogP contribution >= 0.6 is 0 Å². The fraction of sp³-hybridized carbons (Fsp3) is 1.00. The van der Waals surface area contributed by atoms with Crippen LogP contribution in [0.4, 0.5) is 0 Å². The molecular weight excluding hydrogens is 198 g/mol. The Balaban J connectivity index is -0.000000147. The van der Waals surface area contributed by atoms with Crippen molar-refractivity contribution in [2.75, 3.05) is 60.6 Å². The van der Waals surface area contributed by atoms with Gasteiger partial charge < -0.3 is 31.3 Å². The summed E-state index contributed by atoms with van der Waals surface area (Å²) in [5.41, 5.74) is 4.78. The van der Waals surface area contributed by atoms with Gasteiger partial charge in [0.1, 0.15) is 0 Å². The van der Waals surface area contributed by atoms with Crippen LogP contribution in [-0.2, 0) is 0 Å². The first kappa shape index (κ1) is 20.2. The molecule has 6 nitrogen and oxygen atoms in total. The molecule has 0 heterocycles. The van der Waals surface area contributed by atoms with Crippen LogP contribution < -0.4 is 11.1 Å². The van der Waals surface area contributed by atoms with Crippen molar-refractivity contribution in [1.29, 1.82) is 0 Å². The van der Waals surface area contributed by atoms with Crippen molar-refractivity contribution < 1.29 is 15.3 Å². The molecule has 0 fully saturated rings. The molecule has 6 heteroatoms. The standard InChI is InChI=1S/C4H11NO.C3H9NO.C2H7NO/c1-5(2)3-4-6;1-4-2-3-5;3-1-2-4/h6H,3-4H2,1-2H3;4-5H,2-3H2,1H3;4H,1-3H2. The Morgan fingerprint density at radius 2 is 1.53 bits per heavy atom. The zero-order chi connectivity index (χ0) is 12.5. The molecule has 0 aliphatic heterocycles. The van der Waals surface area contributed by atoms with E-state index in [1.807, 2.05) is 19.0 Å². The second-order valence-corrected chi connectivity index (χ2v) is 2.87. The number of aliphatic hydroxyl groups excluding tert-OH is 3. The third kappa shape index (κ3) is 57.4. The molecule has 0 saturated heterocycles. The van der Waals surface area contributed by atoms with Gasteiger partial charge in [0.05, 0.1) is 19.8 Å². The number of rotatable bonds is 5. The minimum atomic E-state index is 0.0972. The van der Waals surface area contributed by atoms with Crippen LogP contribution in [0.2, 0.25) is 0 Å². The predicted octanol–water partition coefficient (Wildman–Crippen LogP) is -2.32. The molecule has 0 aromatic rings. The zero-order valence-corrected chi connectivity index (χ0v) is 10.1. The van der Waals surface area contributed by atoms with Crippen molar-refractivity contribution in [2.45, 2.75) is 0 Å². The van der Waals surface area contributed by atoms with Gasteiger partial charge in [0.25, 0.3) is 0 Å². The summed E-state index contributed by atoms with van der Waals surface area (Å²) in [7, 11) is 5.66. The first-order chi connectivity index (χ1) is 7.10. The predicted molar refractivity (Wildman–Crippen MR) is 62.8 cm³/mol. The highest BCUT2D eigenvalue weighted by Crippen LogP contribution is 1.66. The lowest BCUT2D eigenvalue weighted by atomic mass is 10.6. The lowest BCUT2D eigenvalue weighted by molar-refractivity contribution is 0.243. The molecule has 0 aromatic carbocycles. The van der Waals surface area contributed by atoms with E-state index in [4.69, 9.17) is 21.1 Å². The van der Waals surface area contributed by atoms with Crippen molar-refractivity contribution in [3.05, 3.63) is 0 Å². The smallest absolute Gasteiger partial charge is 0.0558 e. The van der Waals surface area contributed by atoms with Gasteiger partial charge >= 0.3 is 0 Å². The first-order valence-corrected chi connectivity index (χ1v) is 4.92. The van der Waals surface area contributed by atoms with Crippen LogP contribution in [0, 0.1) is 0 Å². The fourth-order valence-corrected chi connectivity index (χ4v) is 0.312. The SMILES string of the molecule is CN(C)CCO.CNCCO.NCCO. The molecule has 0 aromatic heterocycles. The summed E-state index contributed by atoms with van der Waals surface area (Å²) in [6, 6.07) is 0. The Morgan fingerprint density at radius 1 is 1.07 bits per heavy atom. The number of nitrogens with two attached hydrogens (primary N) is 1. The van der Waals surface area contributed by atoms with E-state index in [-0.39, 0.29) is 19.8 Å². The zero-order valence-electron chi connectivity index (χ0n) is 10.1. The summed E-state index contributed by atoms with van der Waals surface area (Å²) in [6.45, 7) is 2.42. The summed E-state index contributed by atoms with van der Waals surface area (Å²) in [6.07, 6.45) is 0. The lowest BCUT2D eigenvalue weighted by Gasteiger charge is -2.03. The van der Waals surface area contributed by atoms with Gasteiger partial charge in [-0.05, 0) is 21.1 Å². The van der Waals surface area contributed by atoms with Crippen molar-refractivity contribution >= 4 is 0 Å². The molecule has 0 saturated carbocycles. The monoisotopic (exact) mass is 225 g/mol. The van der Waals surface area contributed by atoms with Gasteiger partial charge in [-0.25, -0.2) is 0 Å². The van der Waals surface area contributed by atoms with E-state index >= 15 is 0 Å². The van der Waals surface area contributed by atoms with E-state index in [1.54, 1.807) is 7.05 Å². The highest BCUT2D eigenvalue weighted by Gasteiger charge is 1.80. The van der Waals surface area contributed by atoms with Crippen LogP contribution in [0.5, 0.6) is 0 Å². The summed E-state index contributed by atoms with van der Waals surface area (Å²) in [5, 5.41) is 26.7. The molecule has 0 spiro atoms. The lowest BCUT2D eigenvalue weighted by Crippen LogP contribution is -2.15. The fourth-order valence-electron chi connectivity index (χ4n) is 0.312. The van der Waals surface area contributed by atoms with Gasteiger partial charge in [0, 0.05) is 19.6 Å². The second kappa shape index (κ2) is 23.5. The number of hydrogen-bond donors (Lipinski definition) is 5. The maximum absolute atomic E-state index is 8.20. The number of likely N-dealkylation sites (N-methyl/N-ethyl adjacent to an activating group) is 2. The Bertz CT molecular complexity index is 81.0. The Labute approximate surface area is 92.7 Å². The largest absolute Gasteiger partial charge is 0.395 e. The van der Waals surface area contributed by atoms with Gasteiger partial charge in [-0.1, -0.05) is 0 Å². The number of hydrogen-bond acceptors (Lipinski definition) is 6. The van der Waals surface area contributed by atoms with E-state index in [0.29, 0.717) is 13.1 Å². The number of nitrogens with one attached hydrogen (secondary N) is 1. The number of aliphatic hydroxyl groups is 3. The van der Waals surface area contributed by atoms with E-state index < -0.39 is 0 Å². The Morgan fingerprint density at radius 3 is 1.53 bits per heavy atom. The molecule has 96 valence electrons. The van der Waals surface area contributed by atoms with E-state index in [0.717, 1.165) is 6.54 Å². The quantitative estimate of drug-likeness (QED) is 0.360. The van der Waals surface area contributed by atoms with Gasteiger partial charge in [-0.2, -0.15) is 0 Å². The third-order valence-corrected chi connectivity index (χ3v) is 1.04. The maximum Gasteiger partial charge on any atom is 0.0558 e. The second-order valence-electron chi connectivity index (χ2n) is 2.87. The normalized spacial score (nSPS) is 8.80. The summed E-state index contributed by atoms with van der Waals surface area (Å²) in [4.78, 5) is 1.93. The highest BCUT2D eigenvalue weighted by atomic mass is 16.3. The molecule has 0 rings (SSSR count). The molecule has 0 radical (unpaired) electrons. The van der Waals surface area contributed by atoms with E-state index in [1.165, 1.54) is 0 Å². The van der Waals surface area contributed by atoms with Crippen LogP contribution in [0.3, 0.4) is 0 Å². The molecule has 0 amide bonds. The molecular formula is C9H27N3O3. The van der Waals surface area contributed by atoms with E-state index in [9.17, 15) is 0 Å². The Kier molecular flexibility index (Phi) is 31.7. The van der Waals surface area contributed by atoms with E-state index in [2.05, 4.69) is 5.32 Å². The van der Waals surface area contributed by atoms with Crippen LogP contribution in [0.15, 0.2) is 0 Å². The van der Waals surface area contributed by atoms with Crippen molar-refractivity contribution in [3.8, 4) is 0 Å². The highest BCUT2D eigenvalue weighted by molar-refractivity contribution is 4.34. The number of nitrogens with zero attached hydrogens (tertiary/aromatic N) is 1. The van der Waals surface area contributed by atoms with Gasteiger partial charge in [-0.3, -0.25) is 0 Å². The Hall–Kier alpha value is -0.240. The average molecular weight is 225 g/mol. The van der Waals surface area contributed by atoms with Crippen molar-refractivity contribution in [2.24, 2.45) is 5.73 Å². The molecule has 0 bridgehead atoms. The first-order valence-electron chi connectivity index (χ1n) is 4.92. The van der Waals surface area contributed by atoms with Crippen LogP contribution in [0.25, 0.3) is 0 Å². The summed E-state index contributed by atoms with van der Waals surface area (Å²) < 4.78 is 0. The molecule has 0 unspecified atom stereocenters. The topological polar surface area (TPSA) is 102 Å². The third-order valence-electron chi connectivity index (χ3n) is 1.04. The maximum atomic E-state index is 8.20. The molecule has 15 heavy (non-hydrogen) atoms. The molecule has 0 aliphatic carbocycles. The van der Waals surface area contributed by atoms with Gasteiger partial charge in [0.15, 0.2) is 0 Å².